The number of aryl methyl sites for hydroxylation is 1. The maximum Gasteiger partial charge on any atom is 0.251 e. The number of nitrogens with zero attached hydrogens (tertiary/aromatic N) is 4. The molecular weight excluding hydrogens is 525 g/mol. The average molecular weight is 557 g/mol. The Hall–Kier alpha value is -2.41. The molecule has 1 aliphatic rings. The third-order valence-corrected chi connectivity index (χ3v) is 4.86. The Morgan fingerprint density at radius 2 is 2.16 bits per heavy atom. The van der Waals surface area contributed by atoms with Crippen molar-refractivity contribution in [2.45, 2.75) is 39.0 Å². The molecule has 0 radical (unpaired) electrons. The summed E-state index contributed by atoms with van der Waals surface area (Å²) in [5, 5.41) is 14.1. The molecule has 3 rings (SSSR count). The Morgan fingerprint density at radius 3 is 2.91 bits per heavy atom. The van der Waals surface area contributed by atoms with Crippen LogP contribution in [0.5, 0.6) is 5.75 Å². The van der Waals surface area contributed by atoms with Crippen LogP contribution in [-0.4, -0.2) is 66.5 Å². The molecule has 1 atom stereocenters. The van der Waals surface area contributed by atoms with E-state index in [1.807, 2.05) is 11.6 Å². The molecule has 1 aromatic carbocycles. The van der Waals surface area contributed by atoms with Gasteiger partial charge in [-0.05, 0) is 31.5 Å². The van der Waals surface area contributed by atoms with Crippen molar-refractivity contribution in [2.75, 3.05) is 33.9 Å². The van der Waals surface area contributed by atoms with E-state index in [9.17, 15) is 4.79 Å². The molecule has 0 fully saturated rings. The smallest absolute Gasteiger partial charge is 0.251 e. The average Bonchev–Trinajstić information content (AvgIpc) is 3.18. The number of nitrogens with one attached hydrogen (secondary N) is 3. The molecule has 0 bridgehead atoms. The third kappa shape index (κ3) is 7.33. The predicted octanol–water partition coefficient (Wildman–Crippen LogP) is 1.35. The fraction of sp³-hybridized carbons (Fsp3) is 0.524. The number of guanidine groups is 1. The van der Waals surface area contributed by atoms with E-state index < -0.39 is 0 Å². The highest BCUT2D eigenvalue weighted by Crippen LogP contribution is 2.14. The van der Waals surface area contributed by atoms with E-state index >= 15 is 0 Å². The topological polar surface area (TPSA) is 115 Å². The molecule has 1 aliphatic heterocycles. The summed E-state index contributed by atoms with van der Waals surface area (Å²) >= 11 is 0. The predicted molar refractivity (Wildman–Crippen MR) is 133 cm³/mol. The zero-order valence-electron chi connectivity index (χ0n) is 18.8. The first-order chi connectivity index (χ1) is 15.1. The highest BCUT2D eigenvalue weighted by atomic mass is 127. The molecule has 0 aliphatic carbocycles. The van der Waals surface area contributed by atoms with E-state index in [1.54, 1.807) is 38.5 Å². The van der Waals surface area contributed by atoms with Gasteiger partial charge in [-0.1, -0.05) is 6.07 Å². The number of aromatic nitrogens is 3. The molecule has 11 heteroatoms. The molecular formula is C21H32IN7O3. The highest BCUT2D eigenvalue weighted by molar-refractivity contribution is 14.0. The fourth-order valence-electron chi connectivity index (χ4n) is 3.39. The van der Waals surface area contributed by atoms with Gasteiger partial charge in [-0.3, -0.25) is 9.79 Å². The Balaban J connectivity index is 0.00000363. The molecule has 2 heterocycles. The number of rotatable bonds is 9. The number of fused-ring (bicyclic) bond motifs is 1. The maximum absolute atomic E-state index is 12.3. The minimum Gasteiger partial charge on any atom is -0.497 e. The van der Waals surface area contributed by atoms with Crippen molar-refractivity contribution < 1.29 is 14.3 Å². The normalized spacial score (nSPS) is 15.3. The van der Waals surface area contributed by atoms with Gasteiger partial charge in [0.15, 0.2) is 11.8 Å². The lowest BCUT2D eigenvalue weighted by molar-refractivity contribution is 0.0954. The number of aliphatic imine (C=N–C) groups is 1. The molecule has 1 amide bonds. The zero-order chi connectivity index (χ0) is 22.1. The summed E-state index contributed by atoms with van der Waals surface area (Å²) in [6, 6.07) is 7.27. The van der Waals surface area contributed by atoms with Gasteiger partial charge in [0.05, 0.1) is 20.2 Å². The van der Waals surface area contributed by atoms with Gasteiger partial charge in [-0.15, -0.1) is 24.0 Å². The molecule has 3 N–H and O–H groups in total. The van der Waals surface area contributed by atoms with Crippen LogP contribution in [0.1, 0.15) is 35.4 Å². The highest BCUT2D eigenvalue weighted by Gasteiger charge is 2.22. The van der Waals surface area contributed by atoms with Gasteiger partial charge >= 0.3 is 0 Å². The van der Waals surface area contributed by atoms with E-state index in [0.717, 1.165) is 37.7 Å². The number of hydrogen-bond donors (Lipinski definition) is 3. The van der Waals surface area contributed by atoms with Gasteiger partial charge in [-0.2, -0.15) is 5.10 Å². The van der Waals surface area contributed by atoms with Crippen LogP contribution < -0.4 is 20.7 Å². The zero-order valence-corrected chi connectivity index (χ0v) is 21.1. The van der Waals surface area contributed by atoms with Crippen molar-refractivity contribution in [2.24, 2.45) is 4.99 Å². The first-order valence-corrected chi connectivity index (χ1v) is 10.5. The molecule has 0 spiro atoms. The summed E-state index contributed by atoms with van der Waals surface area (Å²) in [7, 11) is 3.22. The van der Waals surface area contributed by atoms with Crippen molar-refractivity contribution in [3.05, 3.63) is 41.5 Å². The minimum atomic E-state index is -0.148. The van der Waals surface area contributed by atoms with Crippen LogP contribution >= 0.6 is 24.0 Å². The van der Waals surface area contributed by atoms with E-state index in [1.165, 1.54) is 0 Å². The summed E-state index contributed by atoms with van der Waals surface area (Å²) < 4.78 is 12.2. The molecule has 10 nitrogen and oxygen atoms in total. The second kappa shape index (κ2) is 13.2. The second-order valence-electron chi connectivity index (χ2n) is 7.19. The fourth-order valence-corrected chi connectivity index (χ4v) is 3.39. The minimum absolute atomic E-state index is 0. The summed E-state index contributed by atoms with van der Waals surface area (Å²) in [5.74, 6) is 2.94. The van der Waals surface area contributed by atoms with Crippen LogP contribution in [-0.2, 0) is 24.3 Å². The van der Waals surface area contributed by atoms with Crippen LogP contribution in [0.15, 0.2) is 29.3 Å². The molecule has 1 aromatic heterocycles. The lowest BCUT2D eigenvalue weighted by atomic mass is 10.1. The van der Waals surface area contributed by atoms with E-state index in [0.29, 0.717) is 36.8 Å². The van der Waals surface area contributed by atoms with Crippen molar-refractivity contribution >= 4 is 35.8 Å². The quantitative estimate of drug-likeness (QED) is 0.185. The van der Waals surface area contributed by atoms with Crippen LogP contribution in [0.4, 0.5) is 0 Å². The summed E-state index contributed by atoms with van der Waals surface area (Å²) in [6.45, 7) is 4.82. The largest absolute Gasteiger partial charge is 0.497 e. The lowest BCUT2D eigenvalue weighted by Crippen LogP contribution is -2.47. The molecule has 1 unspecified atom stereocenters. The number of amides is 1. The molecule has 176 valence electrons. The number of carbonyl (C=O) groups is 1. The van der Waals surface area contributed by atoms with Crippen molar-refractivity contribution in [1.82, 2.24) is 30.7 Å². The third-order valence-electron chi connectivity index (χ3n) is 4.86. The van der Waals surface area contributed by atoms with E-state index in [4.69, 9.17) is 9.47 Å². The first kappa shape index (κ1) is 25.8. The van der Waals surface area contributed by atoms with Gasteiger partial charge in [0.1, 0.15) is 18.2 Å². The monoisotopic (exact) mass is 557 g/mol. The summed E-state index contributed by atoms with van der Waals surface area (Å²) in [5.41, 5.74) is 0.562. The Kier molecular flexibility index (Phi) is 10.7. The van der Waals surface area contributed by atoms with E-state index in [-0.39, 0.29) is 35.9 Å². The van der Waals surface area contributed by atoms with Crippen LogP contribution in [0.2, 0.25) is 0 Å². The van der Waals surface area contributed by atoms with E-state index in [2.05, 4.69) is 31.0 Å². The Labute approximate surface area is 205 Å². The Morgan fingerprint density at radius 1 is 1.31 bits per heavy atom. The molecule has 32 heavy (non-hydrogen) atoms. The lowest BCUT2D eigenvalue weighted by Gasteiger charge is -2.25. The molecule has 2 aromatic rings. The van der Waals surface area contributed by atoms with Crippen molar-refractivity contribution in [3.63, 3.8) is 0 Å². The van der Waals surface area contributed by atoms with Gasteiger partial charge in [0.2, 0.25) is 0 Å². The van der Waals surface area contributed by atoms with Crippen LogP contribution in [0.25, 0.3) is 0 Å². The number of benzene rings is 1. The van der Waals surface area contributed by atoms with Gasteiger partial charge in [0.25, 0.3) is 5.91 Å². The van der Waals surface area contributed by atoms with Gasteiger partial charge in [-0.25, -0.2) is 9.67 Å². The van der Waals surface area contributed by atoms with Gasteiger partial charge in [0, 0.05) is 38.2 Å². The number of hydrogen-bond acceptors (Lipinski definition) is 6. The van der Waals surface area contributed by atoms with Crippen LogP contribution in [0, 0.1) is 0 Å². The van der Waals surface area contributed by atoms with Crippen LogP contribution in [0.3, 0.4) is 0 Å². The van der Waals surface area contributed by atoms with Crippen molar-refractivity contribution in [1.29, 1.82) is 0 Å². The summed E-state index contributed by atoms with van der Waals surface area (Å²) in [6.07, 6.45) is 1.80. The van der Waals surface area contributed by atoms with Crippen molar-refractivity contribution in [3.8, 4) is 5.75 Å². The number of methoxy groups -OCH3 is 2. The summed E-state index contributed by atoms with van der Waals surface area (Å²) in [4.78, 5) is 21.4. The SMILES string of the molecule is CCNC(=NCCNC(=O)c1cccc(OC)c1)NC1CCc2nc(COC)nn2C1.I. The second-order valence-corrected chi connectivity index (χ2v) is 7.19. The van der Waals surface area contributed by atoms with Gasteiger partial charge < -0.3 is 25.4 Å². The molecule has 0 saturated heterocycles. The number of carbonyl (C=O) groups excluding carboxylic acids is 1. The first-order valence-electron chi connectivity index (χ1n) is 10.5. The molecule has 0 saturated carbocycles. The number of ether oxygens (including phenoxy) is 2. The Bertz CT molecular complexity index is 903. The number of halogens is 1. The standard InChI is InChI=1S/C21H31N7O3.HI/c1-4-22-21(24-11-10-23-20(29)15-6-5-7-17(12-15)31-3)25-16-8-9-19-26-18(14-30-2)27-28(19)13-16;/h5-7,12,16H,4,8-11,13-14H2,1-3H3,(H,23,29)(H2,22,24,25);1H. The maximum atomic E-state index is 12.3.